The summed E-state index contributed by atoms with van der Waals surface area (Å²) in [4.78, 5) is 9.12. The zero-order valence-electron chi connectivity index (χ0n) is 17.6. The summed E-state index contributed by atoms with van der Waals surface area (Å²) in [6.45, 7) is 0. The van der Waals surface area contributed by atoms with Crippen LogP contribution >= 0.6 is 24.0 Å². The van der Waals surface area contributed by atoms with Gasteiger partial charge in [-0.25, -0.2) is 19.0 Å². The molecule has 0 atom stereocenters. The first-order chi connectivity index (χ1) is 16.3. The molecule has 2 heterocycles. The topological polar surface area (TPSA) is 55.6 Å². The third-order valence-electron chi connectivity index (χ3n) is 5.07. The highest BCUT2D eigenvalue weighted by atomic mass is 35.5. The van der Waals surface area contributed by atoms with E-state index >= 15 is 0 Å². The highest BCUT2D eigenvalue weighted by molar-refractivity contribution is 6.31. The van der Waals surface area contributed by atoms with Crippen LogP contribution in [0.3, 0.4) is 0 Å². The molecular formula is C24H15Cl2F4N5. The van der Waals surface area contributed by atoms with Crippen LogP contribution in [-0.4, -0.2) is 19.7 Å². The van der Waals surface area contributed by atoms with Crippen molar-refractivity contribution in [2.45, 2.75) is 6.18 Å². The van der Waals surface area contributed by atoms with E-state index in [4.69, 9.17) is 11.6 Å². The molecule has 1 N–H and O–H groups in total. The number of rotatable bonds is 4. The van der Waals surface area contributed by atoms with E-state index in [9.17, 15) is 17.6 Å². The van der Waals surface area contributed by atoms with Gasteiger partial charge in [-0.2, -0.15) is 18.3 Å². The Labute approximate surface area is 207 Å². The highest BCUT2D eigenvalue weighted by Gasteiger charge is 2.33. The first kappa shape index (κ1) is 24.4. The second kappa shape index (κ2) is 9.52. The summed E-state index contributed by atoms with van der Waals surface area (Å²) >= 11 is 5.75. The van der Waals surface area contributed by atoms with Gasteiger partial charge in [-0.05, 0) is 54.6 Å². The summed E-state index contributed by atoms with van der Waals surface area (Å²) in [6, 6.07) is 18.3. The third-order valence-corrected chi connectivity index (χ3v) is 5.40. The molecule has 5 aromatic rings. The van der Waals surface area contributed by atoms with E-state index in [2.05, 4.69) is 20.4 Å². The van der Waals surface area contributed by atoms with Gasteiger partial charge in [-0.1, -0.05) is 29.8 Å². The van der Waals surface area contributed by atoms with Crippen molar-refractivity contribution < 1.29 is 17.6 Å². The van der Waals surface area contributed by atoms with Crippen LogP contribution in [0.5, 0.6) is 0 Å². The van der Waals surface area contributed by atoms with Crippen molar-refractivity contribution in [1.82, 2.24) is 19.7 Å². The number of aromatic nitrogens is 4. The van der Waals surface area contributed by atoms with Crippen LogP contribution in [0.1, 0.15) is 5.56 Å². The van der Waals surface area contributed by atoms with Crippen LogP contribution in [0.25, 0.3) is 28.1 Å². The minimum Gasteiger partial charge on any atom is -0.339 e. The van der Waals surface area contributed by atoms with Crippen molar-refractivity contribution in [2.75, 3.05) is 5.32 Å². The molecule has 0 fully saturated rings. The van der Waals surface area contributed by atoms with Gasteiger partial charge in [0, 0.05) is 11.3 Å². The van der Waals surface area contributed by atoms with Gasteiger partial charge in [0.2, 0.25) is 0 Å². The Balaban J connectivity index is 0.00000289. The maximum Gasteiger partial charge on any atom is 0.417 e. The van der Waals surface area contributed by atoms with Crippen LogP contribution < -0.4 is 5.32 Å². The van der Waals surface area contributed by atoms with Gasteiger partial charge in [0.25, 0.3) is 0 Å². The molecule has 0 aliphatic rings. The first-order valence-electron chi connectivity index (χ1n) is 10.0. The molecule has 0 amide bonds. The van der Waals surface area contributed by atoms with Crippen LogP contribution in [0.15, 0.2) is 79.0 Å². The Morgan fingerprint density at radius 2 is 1.60 bits per heavy atom. The number of benzene rings is 3. The van der Waals surface area contributed by atoms with Gasteiger partial charge in [-0.3, -0.25) is 0 Å². The fourth-order valence-corrected chi connectivity index (χ4v) is 3.67. The van der Waals surface area contributed by atoms with Crippen molar-refractivity contribution in [1.29, 1.82) is 0 Å². The van der Waals surface area contributed by atoms with Crippen molar-refractivity contribution in [2.24, 2.45) is 0 Å². The first-order valence-corrected chi connectivity index (χ1v) is 10.4. The van der Waals surface area contributed by atoms with Crippen molar-refractivity contribution in [3.8, 4) is 17.1 Å². The lowest BCUT2D eigenvalue weighted by Gasteiger charge is -2.13. The van der Waals surface area contributed by atoms with Gasteiger partial charge in [0.1, 0.15) is 11.6 Å². The fraction of sp³-hybridized carbons (Fsp3) is 0.0417. The highest BCUT2D eigenvalue weighted by Crippen LogP contribution is 2.37. The van der Waals surface area contributed by atoms with Gasteiger partial charge >= 0.3 is 6.18 Å². The normalized spacial score (nSPS) is 11.3. The van der Waals surface area contributed by atoms with Crippen LogP contribution in [0, 0.1) is 5.82 Å². The quantitative estimate of drug-likeness (QED) is 0.250. The average Bonchev–Trinajstić information content (AvgIpc) is 3.25. The van der Waals surface area contributed by atoms with Gasteiger partial charge in [-0.15, -0.1) is 12.4 Å². The Kier molecular flexibility index (Phi) is 6.64. The molecule has 0 saturated carbocycles. The molecule has 35 heavy (non-hydrogen) atoms. The second-order valence-electron chi connectivity index (χ2n) is 7.35. The predicted molar refractivity (Wildman–Crippen MR) is 129 cm³/mol. The van der Waals surface area contributed by atoms with E-state index in [0.29, 0.717) is 16.6 Å². The molecule has 0 bridgehead atoms. The Morgan fingerprint density at radius 1 is 0.886 bits per heavy atom. The van der Waals surface area contributed by atoms with Gasteiger partial charge < -0.3 is 5.32 Å². The molecule has 11 heteroatoms. The molecule has 0 spiro atoms. The van der Waals surface area contributed by atoms with Crippen molar-refractivity contribution in [3.05, 3.63) is 95.4 Å². The minimum absolute atomic E-state index is 0. The van der Waals surface area contributed by atoms with E-state index < -0.39 is 22.6 Å². The van der Waals surface area contributed by atoms with Crippen molar-refractivity contribution in [3.63, 3.8) is 0 Å². The monoisotopic (exact) mass is 519 g/mol. The van der Waals surface area contributed by atoms with Crippen LogP contribution in [0.2, 0.25) is 5.02 Å². The van der Waals surface area contributed by atoms with Gasteiger partial charge in [0.05, 0.1) is 27.9 Å². The summed E-state index contributed by atoms with van der Waals surface area (Å²) in [5.74, 6) is 0.0676. The number of nitrogens with one attached hydrogen (secondary N) is 1. The standard InChI is InChI=1S/C24H14ClF4N5.ClH/c25-20-11-10-16(12-19(20)24(27,28)29)31-22-18-13-30-34(17-4-2-1-3-5-17)23(18)33-21(32-22)14-6-8-15(26)9-7-14;/h1-13H,(H,31,32,33);1H. The molecule has 2 aromatic heterocycles. The van der Waals surface area contributed by atoms with Crippen LogP contribution in [0.4, 0.5) is 29.1 Å². The van der Waals surface area contributed by atoms with Gasteiger partial charge in [0.15, 0.2) is 11.5 Å². The number of anilines is 2. The van der Waals surface area contributed by atoms with E-state index in [1.54, 1.807) is 4.68 Å². The number of fused-ring (bicyclic) bond motifs is 1. The summed E-state index contributed by atoms with van der Waals surface area (Å²) in [5.41, 5.74) is 0.850. The summed E-state index contributed by atoms with van der Waals surface area (Å²) in [7, 11) is 0. The molecule has 3 aromatic carbocycles. The third kappa shape index (κ3) is 4.91. The SMILES string of the molecule is Cl.Fc1ccc(-c2nc(Nc3ccc(Cl)c(C(F)(F)F)c3)c3cnn(-c4ccccc4)c3n2)cc1. The lowest BCUT2D eigenvalue weighted by atomic mass is 10.2. The fourth-order valence-electron chi connectivity index (χ4n) is 3.45. The molecule has 5 nitrogen and oxygen atoms in total. The molecular weight excluding hydrogens is 505 g/mol. The number of alkyl halides is 3. The second-order valence-corrected chi connectivity index (χ2v) is 7.76. The molecule has 0 radical (unpaired) electrons. The average molecular weight is 520 g/mol. The molecule has 0 aliphatic carbocycles. The number of hydrogen-bond acceptors (Lipinski definition) is 4. The molecule has 5 rings (SSSR count). The Hall–Kier alpha value is -3.69. The van der Waals surface area contributed by atoms with E-state index in [1.165, 1.54) is 42.6 Å². The predicted octanol–water partition coefficient (Wildman–Crippen LogP) is 7.46. The lowest BCUT2D eigenvalue weighted by Crippen LogP contribution is -2.07. The number of halogens is 6. The Bertz CT molecular complexity index is 1490. The van der Waals surface area contributed by atoms with E-state index in [1.807, 2.05) is 30.3 Å². The zero-order valence-corrected chi connectivity index (χ0v) is 19.2. The molecule has 0 unspecified atom stereocenters. The molecule has 0 saturated heterocycles. The molecule has 0 aliphatic heterocycles. The number of para-hydroxylation sites is 1. The minimum atomic E-state index is -4.62. The van der Waals surface area contributed by atoms with E-state index in [-0.39, 0.29) is 29.7 Å². The lowest BCUT2D eigenvalue weighted by molar-refractivity contribution is -0.137. The summed E-state index contributed by atoms with van der Waals surface area (Å²) in [5, 5.41) is 7.41. The van der Waals surface area contributed by atoms with Crippen molar-refractivity contribution >= 4 is 46.5 Å². The Morgan fingerprint density at radius 3 is 2.29 bits per heavy atom. The number of nitrogens with zero attached hydrogens (tertiary/aromatic N) is 4. The van der Waals surface area contributed by atoms with E-state index in [0.717, 1.165) is 11.8 Å². The summed E-state index contributed by atoms with van der Waals surface area (Å²) in [6.07, 6.45) is -3.09. The van der Waals surface area contributed by atoms with Crippen LogP contribution in [-0.2, 0) is 6.18 Å². The summed E-state index contributed by atoms with van der Waals surface area (Å²) < 4.78 is 55.1. The maximum absolute atomic E-state index is 13.5. The smallest absolute Gasteiger partial charge is 0.339 e. The number of hydrogen-bond donors (Lipinski definition) is 1. The zero-order chi connectivity index (χ0) is 23.9. The largest absolute Gasteiger partial charge is 0.417 e. The molecule has 178 valence electrons. The maximum atomic E-state index is 13.5.